The van der Waals surface area contributed by atoms with E-state index in [-0.39, 0.29) is 0 Å². The molecule has 2 rings (SSSR count). The highest BCUT2D eigenvalue weighted by Crippen LogP contribution is 2.21. The molecule has 1 fully saturated rings. The number of rotatable bonds is 8. The van der Waals surface area contributed by atoms with Gasteiger partial charge in [-0.05, 0) is 37.1 Å². The molecule has 132 valence electrons. The van der Waals surface area contributed by atoms with Gasteiger partial charge in [0.2, 0.25) is 0 Å². The largest absolute Gasteiger partial charge is 0.481 e. The van der Waals surface area contributed by atoms with E-state index >= 15 is 0 Å². The Morgan fingerprint density at radius 3 is 2.71 bits per heavy atom. The Hall–Kier alpha value is -1.54. The van der Waals surface area contributed by atoms with Crippen molar-refractivity contribution in [3.05, 3.63) is 29.8 Å². The van der Waals surface area contributed by atoms with E-state index in [1.54, 1.807) is 0 Å². The first-order valence-corrected chi connectivity index (χ1v) is 9.05. The summed E-state index contributed by atoms with van der Waals surface area (Å²) in [6.07, 6.45) is 7.80. The van der Waals surface area contributed by atoms with E-state index in [2.05, 4.69) is 54.4 Å². The number of nitrogens with zero attached hydrogens (tertiary/aromatic N) is 1. The summed E-state index contributed by atoms with van der Waals surface area (Å²) in [4.78, 5) is 2.53. The van der Waals surface area contributed by atoms with Gasteiger partial charge in [0.05, 0.1) is 6.17 Å². The van der Waals surface area contributed by atoms with Crippen LogP contribution in [0.25, 0.3) is 0 Å². The zero-order valence-electron chi connectivity index (χ0n) is 15.2. The van der Waals surface area contributed by atoms with Gasteiger partial charge in [-0.15, -0.1) is 6.42 Å². The monoisotopic (exact) mass is 329 g/mol. The van der Waals surface area contributed by atoms with Crippen molar-refractivity contribution in [3.63, 3.8) is 0 Å². The molecule has 0 bridgehead atoms. The normalized spacial score (nSPS) is 24.5. The molecule has 4 nitrogen and oxygen atoms in total. The number of benzene rings is 1. The number of hydrogen-bond donors (Lipinski definition) is 2. The minimum Gasteiger partial charge on any atom is -0.481 e. The summed E-state index contributed by atoms with van der Waals surface area (Å²) in [6, 6.07) is 8.85. The highest BCUT2D eigenvalue weighted by molar-refractivity contribution is 5.27. The lowest BCUT2D eigenvalue weighted by Gasteiger charge is -2.44. The highest BCUT2D eigenvalue weighted by Gasteiger charge is 2.32. The van der Waals surface area contributed by atoms with E-state index in [0.29, 0.717) is 24.7 Å². The summed E-state index contributed by atoms with van der Waals surface area (Å²) in [5, 5.41) is 7.31. The van der Waals surface area contributed by atoms with E-state index in [0.717, 1.165) is 31.9 Å². The van der Waals surface area contributed by atoms with Gasteiger partial charge in [0.25, 0.3) is 0 Å². The van der Waals surface area contributed by atoms with Crippen molar-refractivity contribution in [2.24, 2.45) is 5.92 Å². The second-order valence-electron chi connectivity index (χ2n) is 6.42. The predicted molar refractivity (Wildman–Crippen MR) is 99.9 cm³/mol. The molecule has 0 saturated carbocycles. The van der Waals surface area contributed by atoms with Crippen LogP contribution in [0.3, 0.4) is 0 Å². The summed E-state index contributed by atoms with van der Waals surface area (Å²) < 4.78 is 5.40. The molecule has 0 aliphatic carbocycles. The van der Waals surface area contributed by atoms with E-state index in [4.69, 9.17) is 11.2 Å². The number of terminal acetylenes is 1. The Kier molecular flexibility index (Phi) is 7.58. The molecule has 2 N–H and O–H groups in total. The van der Waals surface area contributed by atoms with Gasteiger partial charge in [-0.3, -0.25) is 10.2 Å². The zero-order chi connectivity index (χ0) is 17.4. The van der Waals surface area contributed by atoms with Crippen molar-refractivity contribution in [2.75, 3.05) is 26.4 Å². The fourth-order valence-electron chi connectivity index (χ4n) is 3.56. The van der Waals surface area contributed by atoms with Crippen LogP contribution in [0, 0.1) is 18.3 Å². The number of ether oxygens (including phenoxy) is 1. The van der Waals surface area contributed by atoms with Crippen molar-refractivity contribution < 1.29 is 4.74 Å². The maximum atomic E-state index is 5.40. The number of hydrogen-bond acceptors (Lipinski definition) is 4. The lowest BCUT2D eigenvalue weighted by Crippen LogP contribution is -2.62. The van der Waals surface area contributed by atoms with E-state index < -0.39 is 0 Å². The third-order valence-corrected chi connectivity index (χ3v) is 4.96. The maximum Gasteiger partial charge on any atom is 0.148 e. The van der Waals surface area contributed by atoms with E-state index in [1.807, 2.05) is 12.1 Å². The van der Waals surface area contributed by atoms with Gasteiger partial charge in [0.15, 0.2) is 0 Å². The Morgan fingerprint density at radius 2 is 2.08 bits per heavy atom. The molecule has 0 spiro atoms. The van der Waals surface area contributed by atoms with Gasteiger partial charge in [-0.2, -0.15) is 0 Å². The van der Waals surface area contributed by atoms with Gasteiger partial charge in [-0.25, -0.2) is 0 Å². The first-order valence-electron chi connectivity index (χ1n) is 9.05. The van der Waals surface area contributed by atoms with Crippen molar-refractivity contribution in [2.45, 2.75) is 45.8 Å². The Labute approximate surface area is 147 Å². The quantitative estimate of drug-likeness (QED) is 0.719. The van der Waals surface area contributed by atoms with Crippen LogP contribution >= 0.6 is 0 Å². The summed E-state index contributed by atoms with van der Waals surface area (Å²) in [6.45, 7) is 10.2. The van der Waals surface area contributed by atoms with Crippen LogP contribution in [-0.2, 0) is 6.42 Å². The summed E-state index contributed by atoms with van der Waals surface area (Å²) in [7, 11) is 0. The Balaban J connectivity index is 1.78. The highest BCUT2D eigenvalue weighted by atomic mass is 16.5. The van der Waals surface area contributed by atoms with Gasteiger partial charge < -0.3 is 10.1 Å². The average molecular weight is 329 g/mol. The smallest absolute Gasteiger partial charge is 0.148 e. The average Bonchev–Trinajstić information content (AvgIpc) is 2.62. The van der Waals surface area contributed by atoms with Gasteiger partial charge in [-0.1, -0.05) is 38.8 Å². The lowest BCUT2D eigenvalue weighted by molar-refractivity contribution is 0.0530. The molecule has 0 amide bonds. The third-order valence-electron chi connectivity index (χ3n) is 4.96. The molecule has 0 radical (unpaired) electrons. The van der Waals surface area contributed by atoms with Crippen molar-refractivity contribution in [1.29, 1.82) is 0 Å². The molecule has 1 aromatic carbocycles. The minimum atomic E-state index is 0.319. The Morgan fingerprint density at radius 1 is 1.33 bits per heavy atom. The lowest BCUT2D eigenvalue weighted by atomic mass is 9.92. The molecule has 1 aromatic rings. The molecule has 1 heterocycles. The predicted octanol–water partition coefficient (Wildman–Crippen LogP) is 2.45. The second kappa shape index (κ2) is 9.68. The molecule has 0 aromatic heterocycles. The maximum absolute atomic E-state index is 5.40. The van der Waals surface area contributed by atoms with Crippen LogP contribution in [0.5, 0.6) is 5.75 Å². The topological polar surface area (TPSA) is 36.5 Å². The van der Waals surface area contributed by atoms with Crippen LogP contribution < -0.4 is 15.4 Å². The second-order valence-corrected chi connectivity index (χ2v) is 6.42. The minimum absolute atomic E-state index is 0.319. The summed E-state index contributed by atoms with van der Waals surface area (Å²) in [5.74, 6) is 3.91. The van der Waals surface area contributed by atoms with Gasteiger partial charge in [0.1, 0.15) is 12.4 Å². The first-order chi connectivity index (χ1) is 11.7. The van der Waals surface area contributed by atoms with Crippen molar-refractivity contribution in [1.82, 2.24) is 15.5 Å². The molecule has 24 heavy (non-hydrogen) atoms. The van der Waals surface area contributed by atoms with Crippen molar-refractivity contribution >= 4 is 0 Å². The first kappa shape index (κ1) is 18.8. The van der Waals surface area contributed by atoms with Gasteiger partial charge in [0, 0.05) is 25.2 Å². The molecular formula is C20H31N3O. The summed E-state index contributed by atoms with van der Waals surface area (Å²) in [5.41, 5.74) is 1.31. The van der Waals surface area contributed by atoms with Crippen LogP contribution in [0.15, 0.2) is 24.3 Å². The molecule has 3 atom stereocenters. The fourth-order valence-corrected chi connectivity index (χ4v) is 3.56. The van der Waals surface area contributed by atoms with Crippen LogP contribution in [-0.4, -0.2) is 43.5 Å². The van der Waals surface area contributed by atoms with Crippen molar-refractivity contribution in [3.8, 4) is 18.1 Å². The standard InChI is InChI=1S/C20H31N3O/c1-5-14-24-18-10-8-17(9-11-18)12-13-21-20-16(4)19(6-2)23(7-3)15-22-20/h1,8-11,16,19-22H,6-7,12-15H2,2-4H3. The number of nitrogens with one attached hydrogen (secondary N) is 2. The fraction of sp³-hybridized carbons (Fsp3) is 0.600. The van der Waals surface area contributed by atoms with Crippen LogP contribution in [0.4, 0.5) is 0 Å². The zero-order valence-corrected chi connectivity index (χ0v) is 15.2. The third kappa shape index (κ3) is 4.98. The van der Waals surface area contributed by atoms with E-state index in [1.165, 1.54) is 12.0 Å². The molecule has 4 heteroatoms. The molecule has 1 aliphatic rings. The molecule has 1 saturated heterocycles. The SMILES string of the molecule is C#CCOc1ccc(CCNC2NCN(CC)C(CC)C2C)cc1. The summed E-state index contributed by atoms with van der Waals surface area (Å²) >= 11 is 0. The molecule has 3 unspecified atom stereocenters. The molecule has 1 aliphatic heterocycles. The van der Waals surface area contributed by atoms with E-state index in [9.17, 15) is 0 Å². The molecular weight excluding hydrogens is 298 g/mol. The Bertz CT molecular complexity index is 523. The van der Waals surface area contributed by atoms with Crippen LogP contribution in [0.1, 0.15) is 32.8 Å². The van der Waals surface area contributed by atoms with Gasteiger partial charge >= 0.3 is 0 Å². The van der Waals surface area contributed by atoms with Crippen LogP contribution in [0.2, 0.25) is 0 Å².